The third kappa shape index (κ3) is 3.94. The van der Waals surface area contributed by atoms with Gasteiger partial charge in [0, 0.05) is 39.3 Å². The van der Waals surface area contributed by atoms with Gasteiger partial charge in [0.15, 0.2) is 0 Å². The van der Waals surface area contributed by atoms with Crippen molar-refractivity contribution in [2.24, 2.45) is 0 Å². The summed E-state index contributed by atoms with van der Waals surface area (Å²) in [5.41, 5.74) is 5.03. The van der Waals surface area contributed by atoms with Crippen LogP contribution in [0.4, 0.5) is 0 Å². The van der Waals surface area contributed by atoms with Crippen LogP contribution in [0.5, 0.6) is 0 Å². The maximum Gasteiger partial charge on any atom is 0.241 e. The number of nitrogens with zero attached hydrogens (tertiary/aromatic N) is 1. The molecule has 5 nitrogen and oxygen atoms in total. The normalized spacial score (nSPS) is 16.7. The van der Waals surface area contributed by atoms with Crippen LogP contribution < -0.4 is 10.0 Å². The highest BCUT2D eigenvalue weighted by atomic mass is 32.2. The second kappa shape index (κ2) is 7.30. The van der Waals surface area contributed by atoms with Crippen molar-refractivity contribution in [3.05, 3.63) is 27.8 Å². The Morgan fingerprint density at radius 1 is 0.913 bits per heavy atom. The molecule has 1 saturated heterocycles. The van der Waals surface area contributed by atoms with Gasteiger partial charge in [-0.05, 0) is 62.4 Å². The molecule has 0 aromatic heterocycles. The SMILES string of the molecule is Cc1c(C)c(C)c(S(=O)(=O)NCCN2CCNCC2)c(C)c1C. The molecule has 0 radical (unpaired) electrons. The van der Waals surface area contributed by atoms with Crippen LogP contribution in [0.15, 0.2) is 4.90 Å². The Morgan fingerprint density at radius 2 is 1.39 bits per heavy atom. The van der Waals surface area contributed by atoms with E-state index in [1.165, 1.54) is 5.56 Å². The molecule has 6 heteroatoms. The topological polar surface area (TPSA) is 61.4 Å². The molecule has 1 aliphatic rings. The van der Waals surface area contributed by atoms with E-state index in [0.717, 1.165) is 55.0 Å². The average Bonchev–Trinajstić information content (AvgIpc) is 2.52. The average molecular weight is 340 g/mol. The van der Waals surface area contributed by atoms with Gasteiger partial charge in [0.25, 0.3) is 0 Å². The molecule has 1 aromatic carbocycles. The first kappa shape index (κ1) is 18.4. The fourth-order valence-corrected chi connectivity index (χ4v) is 4.83. The second-order valence-corrected chi connectivity index (χ2v) is 8.15. The summed E-state index contributed by atoms with van der Waals surface area (Å²) < 4.78 is 28.4. The van der Waals surface area contributed by atoms with E-state index in [4.69, 9.17) is 0 Å². The monoisotopic (exact) mass is 339 g/mol. The highest BCUT2D eigenvalue weighted by Gasteiger charge is 2.23. The molecule has 23 heavy (non-hydrogen) atoms. The van der Waals surface area contributed by atoms with Crippen LogP contribution in [0.1, 0.15) is 27.8 Å². The number of benzene rings is 1. The molecule has 0 amide bonds. The zero-order chi connectivity index (χ0) is 17.2. The molecule has 1 aromatic rings. The van der Waals surface area contributed by atoms with Crippen molar-refractivity contribution in [1.82, 2.24) is 14.9 Å². The van der Waals surface area contributed by atoms with E-state index in [2.05, 4.69) is 21.9 Å². The number of nitrogens with one attached hydrogen (secondary N) is 2. The summed E-state index contributed by atoms with van der Waals surface area (Å²) in [6.45, 7) is 15.0. The van der Waals surface area contributed by atoms with Gasteiger partial charge in [-0.1, -0.05) is 0 Å². The number of rotatable bonds is 5. The molecule has 0 spiro atoms. The van der Waals surface area contributed by atoms with Gasteiger partial charge >= 0.3 is 0 Å². The maximum atomic E-state index is 12.8. The number of sulfonamides is 1. The molecule has 1 aliphatic heterocycles. The molecule has 130 valence electrons. The van der Waals surface area contributed by atoms with Crippen molar-refractivity contribution in [1.29, 1.82) is 0 Å². The molecule has 0 aliphatic carbocycles. The molecule has 2 rings (SSSR count). The van der Waals surface area contributed by atoms with Crippen molar-refractivity contribution in [2.45, 2.75) is 39.5 Å². The first-order valence-electron chi connectivity index (χ1n) is 8.25. The van der Waals surface area contributed by atoms with Crippen LogP contribution in [0, 0.1) is 34.6 Å². The molecule has 1 heterocycles. The van der Waals surface area contributed by atoms with Crippen LogP contribution in [-0.2, 0) is 10.0 Å². The standard InChI is InChI=1S/C17H29N3O2S/c1-12-13(2)15(4)17(16(5)14(12)3)23(21,22)19-8-11-20-9-6-18-7-10-20/h18-19H,6-11H2,1-5H3. The van der Waals surface area contributed by atoms with E-state index in [-0.39, 0.29) is 0 Å². The Hall–Kier alpha value is -0.950. The van der Waals surface area contributed by atoms with E-state index >= 15 is 0 Å². The lowest BCUT2D eigenvalue weighted by molar-refractivity contribution is 0.245. The van der Waals surface area contributed by atoms with Crippen molar-refractivity contribution in [3.63, 3.8) is 0 Å². The van der Waals surface area contributed by atoms with Gasteiger partial charge in [-0.25, -0.2) is 13.1 Å². The molecular weight excluding hydrogens is 310 g/mol. The van der Waals surface area contributed by atoms with E-state index in [1.54, 1.807) is 0 Å². The Kier molecular flexibility index (Phi) is 5.84. The van der Waals surface area contributed by atoms with Gasteiger partial charge in [-0.15, -0.1) is 0 Å². The van der Waals surface area contributed by atoms with Gasteiger partial charge in [0.2, 0.25) is 10.0 Å². The summed E-state index contributed by atoms with van der Waals surface area (Å²) in [6, 6.07) is 0. The van der Waals surface area contributed by atoms with E-state index in [1.807, 2.05) is 27.7 Å². The Labute approximate surface area is 140 Å². The molecule has 0 unspecified atom stereocenters. The number of hydrogen-bond acceptors (Lipinski definition) is 4. The van der Waals surface area contributed by atoms with Gasteiger partial charge in [-0.2, -0.15) is 0 Å². The Morgan fingerprint density at radius 3 is 1.91 bits per heavy atom. The zero-order valence-corrected chi connectivity index (χ0v) is 15.7. The highest BCUT2D eigenvalue weighted by Crippen LogP contribution is 2.29. The summed E-state index contributed by atoms with van der Waals surface area (Å²) in [6.07, 6.45) is 0. The third-order valence-electron chi connectivity index (χ3n) is 5.13. The Bertz CT molecular complexity index is 649. The summed E-state index contributed by atoms with van der Waals surface area (Å²) >= 11 is 0. The molecule has 1 fully saturated rings. The van der Waals surface area contributed by atoms with Crippen molar-refractivity contribution in [2.75, 3.05) is 39.3 Å². The van der Waals surface area contributed by atoms with Gasteiger partial charge in [-0.3, -0.25) is 4.90 Å². The van der Waals surface area contributed by atoms with Gasteiger partial charge < -0.3 is 5.32 Å². The third-order valence-corrected chi connectivity index (χ3v) is 6.86. The predicted octanol–water partition coefficient (Wildman–Crippen LogP) is 1.41. The summed E-state index contributed by atoms with van der Waals surface area (Å²) in [5.74, 6) is 0. The van der Waals surface area contributed by atoms with E-state index < -0.39 is 10.0 Å². The molecular formula is C17H29N3O2S. The zero-order valence-electron chi connectivity index (χ0n) is 14.9. The molecule has 0 bridgehead atoms. The summed E-state index contributed by atoms with van der Waals surface area (Å²) in [5, 5.41) is 3.30. The van der Waals surface area contributed by atoms with Crippen molar-refractivity contribution >= 4 is 10.0 Å². The summed E-state index contributed by atoms with van der Waals surface area (Å²) in [4.78, 5) is 2.74. The van der Waals surface area contributed by atoms with Crippen LogP contribution in [0.25, 0.3) is 0 Å². The van der Waals surface area contributed by atoms with Crippen LogP contribution >= 0.6 is 0 Å². The molecule has 0 atom stereocenters. The largest absolute Gasteiger partial charge is 0.314 e. The minimum Gasteiger partial charge on any atom is -0.314 e. The van der Waals surface area contributed by atoms with Crippen LogP contribution in [0.2, 0.25) is 0 Å². The fraction of sp³-hybridized carbons (Fsp3) is 0.647. The predicted molar refractivity (Wildman–Crippen MR) is 94.6 cm³/mol. The second-order valence-electron chi connectivity index (χ2n) is 6.44. The smallest absolute Gasteiger partial charge is 0.241 e. The number of hydrogen-bond donors (Lipinski definition) is 2. The lowest BCUT2D eigenvalue weighted by Crippen LogP contribution is -2.46. The quantitative estimate of drug-likeness (QED) is 0.852. The maximum absolute atomic E-state index is 12.8. The number of piperazine rings is 1. The molecule has 0 saturated carbocycles. The highest BCUT2D eigenvalue weighted by molar-refractivity contribution is 7.89. The van der Waals surface area contributed by atoms with Gasteiger partial charge in [0.1, 0.15) is 0 Å². The lowest BCUT2D eigenvalue weighted by atomic mass is 9.95. The lowest BCUT2D eigenvalue weighted by Gasteiger charge is -2.27. The van der Waals surface area contributed by atoms with Crippen LogP contribution in [0.3, 0.4) is 0 Å². The van der Waals surface area contributed by atoms with Crippen molar-refractivity contribution < 1.29 is 8.42 Å². The first-order chi connectivity index (χ1) is 10.8. The first-order valence-corrected chi connectivity index (χ1v) is 9.73. The Balaban J connectivity index is 2.16. The van der Waals surface area contributed by atoms with Crippen LogP contribution in [-0.4, -0.2) is 52.6 Å². The minimum absolute atomic E-state index is 0.452. The van der Waals surface area contributed by atoms with Gasteiger partial charge in [0.05, 0.1) is 4.90 Å². The van der Waals surface area contributed by atoms with E-state index in [9.17, 15) is 8.42 Å². The minimum atomic E-state index is -3.48. The van der Waals surface area contributed by atoms with E-state index in [0.29, 0.717) is 11.4 Å². The molecule has 2 N–H and O–H groups in total. The fourth-order valence-electron chi connectivity index (χ4n) is 3.21. The summed E-state index contributed by atoms with van der Waals surface area (Å²) in [7, 11) is -3.48. The van der Waals surface area contributed by atoms with Crippen molar-refractivity contribution in [3.8, 4) is 0 Å².